The van der Waals surface area contributed by atoms with E-state index in [1.165, 1.54) is 31.4 Å². The zero-order valence-corrected chi connectivity index (χ0v) is 12.3. The lowest BCUT2D eigenvalue weighted by atomic mass is 9.54. The van der Waals surface area contributed by atoms with Crippen LogP contribution in [0.15, 0.2) is 24.3 Å². The number of nitrogens with one attached hydrogen (secondary N) is 2. The van der Waals surface area contributed by atoms with Crippen molar-refractivity contribution in [2.24, 2.45) is 5.41 Å². The molecule has 0 bridgehead atoms. The maximum absolute atomic E-state index is 12.1. The Labute approximate surface area is 128 Å². The first-order chi connectivity index (χ1) is 10.5. The third-order valence-corrected chi connectivity index (χ3v) is 4.68. The molecule has 0 unspecified atom stereocenters. The van der Waals surface area contributed by atoms with E-state index in [1.807, 2.05) is 0 Å². The monoisotopic (exact) mass is 310 g/mol. The molecular weight excluding hydrogens is 290 g/mol. The number of alkyl halides is 2. The molecule has 0 radical (unpaired) electrons. The molecule has 0 saturated heterocycles. The van der Waals surface area contributed by atoms with Crippen LogP contribution >= 0.6 is 0 Å². The lowest BCUT2D eigenvalue weighted by molar-refractivity contribution is -0.0498. The van der Waals surface area contributed by atoms with Crippen LogP contribution in [-0.2, 0) is 6.54 Å². The molecule has 0 atom stereocenters. The maximum atomic E-state index is 12.1. The van der Waals surface area contributed by atoms with Gasteiger partial charge in [0.1, 0.15) is 5.75 Å². The molecular formula is C16H20F2N2O2. The minimum atomic E-state index is -2.84. The molecule has 22 heavy (non-hydrogen) atoms. The average Bonchev–Trinajstić information content (AvgIpc) is 2.37. The maximum Gasteiger partial charge on any atom is 0.387 e. The fraction of sp³-hybridized carbons (Fsp3) is 0.562. The van der Waals surface area contributed by atoms with Gasteiger partial charge in [-0.15, -0.1) is 0 Å². The van der Waals surface area contributed by atoms with E-state index in [4.69, 9.17) is 0 Å². The number of carbonyl (C=O) groups is 1. The first kappa shape index (κ1) is 15.1. The van der Waals surface area contributed by atoms with Crippen molar-refractivity contribution in [2.45, 2.75) is 51.3 Å². The topological polar surface area (TPSA) is 50.4 Å². The van der Waals surface area contributed by atoms with E-state index in [9.17, 15) is 13.6 Å². The van der Waals surface area contributed by atoms with Crippen molar-refractivity contribution in [2.75, 3.05) is 0 Å². The molecule has 2 aliphatic carbocycles. The molecule has 2 amide bonds. The zero-order valence-electron chi connectivity index (χ0n) is 12.3. The number of hydrogen-bond donors (Lipinski definition) is 2. The van der Waals surface area contributed by atoms with Crippen LogP contribution in [0.3, 0.4) is 0 Å². The Morgan fingerprint density at radius 1 is 1.36 bits per heavy atom. The summed E-state index contributed by atoms with van der Waals surface area (Å²) in [6.07, 6.45) is 6.07. The molecule has 3 rings (SSSR count). The molecule has 2 saturated carbocycles. The van der Waals surface area contributed by atoms with Gasteiger partial charge in [0.25, 0.3) is 0 Å². The summed E-state index contributed by atoms with van der Waals surface area (Å²) in [5, 5.41) is 5.70. The summed E-state index contributed by atoms with van der Waals surface area (Å²) in [5.41, 5.74) is 1.25. The van der Waals surface area contributed by atoms with Gasteiger partial charge in [-0.1, -0.05) is 18.6 Å². The number of ether oxygens (including phenoxy) is 1. The minimum Gasteiger partial charge on any atom is -0.435 e. The lowest BCUT2D eigenvalue weighted by Gasteiger charge is -2.54. The number of urea groups is 1. The standard InChI is InChI=1S/C16H20F2N2O2/c17-14(18)22-13-4-1-3-11(7-13)10-19-15(21)20-12-8-16(9-12)5-2-6-16/h1,3-4,7,12,14H,2,5-6,8-10H2,(H2,19,20,21). The zero-order chi connectivity index (χ0) is 15.6. The molecule has 2 fully saturated rings. The number of carbonyl (C=O) groups excluding carboxylic acids is 1. The van der Waals surface area contributed by atoms with Crippen molar-refractivity contribution in [3.05, 3.63) is 29.8 Å². The molecule has 4 nitrogen and oxygen atoms in total. The Balaban J connectivity index is 1.41. The van der Waals surface area contributed by atoms with E-state index < -0.39 is 6.61 Å². The molecule has 1 aromatic rings. The molecule has 120 valence electrons. The summed E-state index contributed by atoms with van der Waals surface area (Å²) in [4.78, 5) is 11.8. The molecule has 1 aromatic carbocycles. The molecule has 2 N–H and O–H groups in total. The highest BCUT2D eigenvalue weighted by Gasteiger charge is 2.48. The van der Waals surface area contributed by atoms with Crippen LogP contribution in [0, 0.1) is 5.41 Å². The number of benzene rings is 1. The summed E-state index contributed by atoms with van der Waals surface area (Å²) in [6.45, 7) is -2.56. The van der Waals surface area contributed by atoms with Crippen LogP contribution in [0.1, 0.15) is 37.7 Å². The molecule has 6 heteroatoms. The molecule has 0 aliphatic heterocycles. The van der Waals surface area contributed by atoms with E-state index in [0.717, 1.165) is 18.4 Å². The van der Waals surface area contributed by atoms with E-state index >= 15 is 0 Å². The Morgan fingerprint density at radius 2 is 2.14 bits per heavy atom. The third-order valence-electron chi connectivity index (χ3n) is 4.68. The normalized spacial score (nSPS) is 19.4. The smallest absolute Gasteiger partial charge is 0.387 e. The molecule has 0 aromatic heterocycles. The Hall–Kier alpha value is -1.85. The van der Waals surface area contributed by atoms with Gasteiger partial charge >= 0.3 is 12.6 Å². The second-order valence-electron chi connectivity index (χ2n) is 6.31. The van der Waals surface area contributed by atoms with Crippen molar-refractivity contribution in [1.82, 2.24) is 10.6 Å². The highest BCUT2D eigenvalue weighted by atomic mass is 19.3. The van der Waals surface area contributed by atoms with Crippen LogP contribution in [0.2, 0.25) is 0 Å². The van der Waals surface area contributed by atoms with Crippen LogP contribution in [0.5, 0.6) is 5.75 Å². The fourth-order valence-corrected chi connectivity index (χ4v) is 3.42. The Morgan fingerprint density at radius 3 is 2.77 bits per heavy atom. The third kappa shape index (κ3) is 3.48. The first-order valence-corrected chi connectivity index (χ1v) is 7.63. The predicted octanol–water partition coefficient (Wildman–Crippen LogP) is 3.42. The van der Waals surface area contributed by atoms with E-state index in [-0.39, 0.29) is 24.4 Å². The van der Waals surface area contributed by atoms with E-state index in [2.05, 4.69) is 15.4 Å². The number of rotatable bonds is 5. The molecule has 2 aliphatic rings. The molecule has 0 heterocycles. The SMILES string of the molecule is O=C(NCc1cccc(OC(F)F)c1)NC1CC2(CCC2)C1. The van der Waals surface area contributed by atoms with Gasteiger partial charge in [-0.2, -0.15) is 8.78 Å². The van der Waals surface area contributed by atoms with Gasteiger partial charge < -0.3 is 15.4 Å². The van der Waals surface area contributed by atoms with Gasteiger partial charge in [0.15, 0.2) is 0 Å². The Bertz CT molecular complexity index is 539. The van der Waals surface area contributed by atoms with Crippen LogP contribution < -0.4 is 15.4 Å². The summed E-state index contributed by atoms with van der Waals surface area (Å²) < 4.78 is 28.6. The van der Waals surface area contributed by atoms with Gasteiger partial charge in [-0.05, 0) is 48.8 Å². The van der Waals surface area contributed by atoms with Gasteiger partial charge in [0.05, 0.1) is 0 Å². The van der Waals surface area contributed by atoms with E-state index in [1.54, 1.807) is 12.1 Å². The van der Waals surface area contributed by atoms with Crippen molar-refractivity contribution in [3.8, 4) is 5.75 Å². The highest BCUT2D eigenvalue weighted by molar-refractivity contribution is 5.74. The number of amides is 2. The van der Waals surface area contributed by atoms with Gasteiger partial charge in [-0.3, -0.25) is 0 Å². The number of hydrogen-bond acceptors (Lipinski definition) is 2. The number of halogens is 2. The summed E-state index contributed by atoms with van der Waals surface area (Å²) in [7, 11) is 0. The first-order valence-electron chi connectivity index (χ1n) is 7.63. The summed E-state index contributed by atoms with van der Waals surface area (Å²) in [5.74, 6) is 0.0978. The van der Waals surface area contributed by atoms with Crippen LogP contribution in [0.4, 0.5) is 13.6 Å². The summed E-state index contributed by atoms with van der Waals surface area (Å²) >= 11 is 0. The van der Waals surface area contributed by atoms with Crippen LogP contribution in [-0.4, -0.2) is 18.7 Å². The second kappa shape index (κ2) is 6.10. The molecule has 1 spiro atoms. The van der Waals surface area contributed by atoms with Crippen molar-refractivity contribution in [3.63, 3.8) is 0 Å². The fourth-order valence-electron chi connectivity index (χ4n) is 3.42. The average molecular weight is 310 g/mol. The second-order valence-corrected chi connectivity index (χ2v) is 6.31. The van der Waals surface area contributed by atoms with E-state index in [0.29, 0.717) is 5.41 Å². The quantitative estimate of drug-likeness (QED) is 0.875. The minimum absolute atomic E-state index is 0.0978. The van der Waals surface area contributed by atoms with Crippen molar-refractivity contribution in [1.29, 1.82) is 0 Å². The Kier molecular flexibility index (Phi) is 4.18. The lowest BCUT2D eigenvalue weighted by Crippen LogP contribution is -2.55. The van der Waals surface area contributed by atoms with Crippen molar-refractivity contribution >= 4 is 6.03 Å². The van der Waals surface area contributed by atoms with Gasteiger partial charge in [-0.25, -0.2) is 4.79 Å². The van der Waals surface area contributed by atoms with Gasteiger partial charge in [0, 0.05) is 12.6 Å². The van der Waals surface area contributed by atoms with Crippen LogP contribution in [0.25, 0.3) is 0 Å². The predicted molar refractivity (Wildman–Crippen MR) is 77.8 cm³/mol. The van der Waals surface area contributed by atoms with Crippen molar-refractivity contribution < 1.29 is 18.3 Å². The van der Waals surface area contributed by atoms with Gasteiger partial charge in [0.2, 0.25) is 0 Å². The largest absolute Gasteiger partial charge is 0.435 e. The summed E-state index contributed by atoms with van der Waals surface area (Å²) in [6, 6.07) is 6.40. The highest BCUT2D eigenvalue weighted by Crippen LogP contribution is 2.55.